The van der Waals surface area contributed by atoms with E-state index in [9.17, 15) is 22.9 Å². The van der Waals surface area contributed by atoms with E-state index in [1.165, 1.54) is 11.3 Å². The van der Waals surface area contributed by atoms with Crippen molar-refractivity contribution in [2.75, 3.05) is 0 Å². The number of thiophene rings is 1. The van der Waals surface area contributed by atoms with Gasteiger partial charge in [-0.3, -0.25) is 4.79 Å². The minimum absolute atomic E-state index is 0.0135. The lowest BCUT2D eigenvalue weighted by Crippen LogP contribution is -2.26. The predicted octanol–water partition coefficient (Wildman–Crippen LogP) is 7.16. The molecule has 0 aliphatic carbocycles. The molecule has 3 aromatic rings. The number of carbonyl (C=O) groups is 1. The van der Waals surface area contributed by atoms with Crippen molar-refractivity contribution in [1.29, 1.82) is 0 Å². The van der Waals surface area contributed by atoms with E-state index in [-0.39, 0.29) is 10.7 Å². The van der Waals surface area contributed by atoms with Crippen LogP contribution in [0.5, 0.6) is 0 Å². The molecule has 0 radical (unpaired) electrons. The van der Waals surface area contributed by atoms with Crippen molar-refractivity contribution in [3.05, 3.63) is 92.8 Å². The number of benzene rings is 2. The Morgan fingerprint density at radius 1 is 1.03 bits per heavy atom. The van der Waals surface area contributed by atoms with Crippen molar-refractivity contribution < 1.29 is 18.0 Å². The van der Waals surface area contributed by atoms with Gasteiger partial charge in [-0.2, -0.15) is 13.2 Å². The molecule has 5 nitrogen and oxygen atoms in total. The van der Waals surface area contributed by atoms with Crippen LogP contribution in [-0.4, -0.2) is 17.8 Å². The number of rotatable bonds is 6. The molecule has 0 spiro atoms. The van der Waals surface area contributed by atoms with Gasteiger partial charge in [-0.05, 0) is 55.3 Å². The highest BCUT2D eigenvalue weighted by atomic mass is 35.5. The number of hydrogen-bond donors (Lipinski definition) is 1. The minimum atomic E-state index is -4.71. The molecule has 0 aliphatic heterocycles. The first-order valence-corrected chi connectivity index (χ1v) is 11.1. The highest BCUT2D eigenvalue weighted by Gasteiger charge is 2.32. The maximum atomic E-state index is 13.1. The summed E-state index contributed by atoms with van der Waals surface area (Å²) in [6.45, 7) is 3.20. The van der Waals surface area contributed by atoms with Crippen molar-refractivity contribution in [1.82, 2.24) is 0 Å². The number of para-hydroxylation sites is 1. The Morgan fingerprint density at radius 3 is 2.26 bits per heavy atom. The summed E-state index contributed by atoms with van der Waals surface area (Å²) in [6.07, 6.45) is -3.93. The maximum absolute atomic E-state index is 13.1. The summed E-state index contributed by atoms with van der Waals surface area (Å²) in [6, 6.07) is 16.9. The molecular formula is C24H19ClF3N3O2S. The predicted molar refractivity (Wildman–Crippen MR) is 130 cm³/mol. The first-order valence-electron chi connectivity index (χ1n) is 9.90. The van der Waals surface area contributed by atoms with E-state index in [0.717, 1.165) is 16.5 Å². The Bertz CT molecular complexity index is 1280. The Labute approximate surface area is 202 Å². The van der Waals surface area contributed by atoms with Gasteiger partial charge in [0, 0.05) is 10.1 Å². The molecule has 0 saturated heterocycles. The van der Waals surface area contributed by atoms with Gasteiger partial charge in [-0.15, -0.1) is 16.2 Å². The third kappa shape index (κ3) is 5.60. The summed E-state index contributed by atoms with van der Waals surface area (Å²) in [5.74, 6) is -0.784. The lowest BCUT2D eigenvalue weighted by molar-refractivity contribution is -0.122. The van der Waals surface area contributed by atoms with Gasteiger partial charge in [0.05, 0.1) is 26.7 Å². The lowest BCUT2D eigenvalue weighted by Gasteiger charge is -2.19. The second-order valence-corrected chi connectivity index (χ2v) is 9.30. The number of amides is 1. The molecule has 0 unspecified atom stereocenters. The molecule has 2 N–H and O–H groups in total. The average molecular weight is 506 g/mol. The zero-order valence-electron chi connectivity index (χ0n) is 18.1. The van der Waals surface area contributed by atoms with E-state index >= 15 is 0 Å². The number of halogens is 4. The third-order valence-electron chi connectivity index (χ3n) is 5.08. The molecule has 2 aromatic carbocycles. The molecule has 0 fully saturated rings. The van der Waals surface area contributed by atoms with Crippen molar-refractivity contribution >= 4 is 40.2 Å². The normalized spacial score (nSPS) is 13.1. The topological polar surface area (TPSA) is 84.9 Å². The third-order valence-corrected chi connectivity index (χ3v) is 6.56. The highest BCUT2D eigenvalue weighted by Crippen LogP contribution is 2.34. The first-order chi connectivity index (χ1) is 15.9. The highest BCUT2D eigenvalue weighted by molar-refractivity contribution is 7.17. The SMILES string of the molecule is CC(C)(C(=O)N=O)c1ccc(-c2ccc(C(C=C(N)C(F)(F)F)=Nc3ccccc3Cl)s2)cc1. The maximum Gasteiger partial charge on any atom is 0.430 e. The molecule has 3 rings (SSSR count). The summed E-state index contributed by atoms with van der Waals surface area (Å²) in [7, 11) is 0. The smallest absolute Gasteiger partial charge is 0.395 e. The fraction of sp³-hybridized carbons (Fsp3) is 0.167. The van der Waals surface area contributed by atoms with Crippen LogP contribution >= 0.6 is 22.9 Å². The minimum Gasteiger partial charge on any atom is -0.395 e. The fourth-order valence-electron chi connectivity index (χ4n) is 2.98. The van der Waals surface area contributed by atoms with Crippen LogP contribution in [0.25, 0.3) is 10.4 Å². The zero-order chi connectivity index (χ0) is 25.1. The molecule has 10 heteroatoms. The second-order valence-electron chi connectivity index (χ2n) is 7.81. The Hall–Kier alpha value is -3.30. The molecule has 1 aromatic heterocycles. The van der Waals surface area contributed by atoms with E-state index in [4.69, 9.17) is 17.3 Å². The molecule has 176 valence electrons. The fourth-order valence-corrected chi connectivity index (χ4v) is 4.13. The van der Waals surface area contributed by atoms with Crippen LogP contribution in [0.2, 0.25) is 5.02 Å². The van der Waals surface area contributed by atoms with Crippen molar-refractivity contribution in [3.8, 4) is 10.4 Å². The van der Waals surface area contributed by atoms with E-state index in [1.807, 2.05) is 0 Å². The number of nitroso groups, excluding NO2 is 1. The number of allylic oxidation sites excluding steroid dienone is 2. The second kappa shape index (κ2) is 9.90. The van der Waals surface area contributed by atoms with E-state index < -0.39 is 23.2 Å². The standard InChI is InChI=1S/C24H19ClF3N3O2S/c1-23(2,22(32)31-33)15-9-7-14(8-10-15)19-11-12-20(34-19)18(13-21(29)24(26,27)28)30-17-6-4-3-5-16(17)25/h3-13H,29H2,1-2H3. The number of nitrogens with two attached hydrogens (primary N) is 1. The van der Waals surface area contributed by atoms with Crippen LogP contribution in [0.15, 0.2) is 82.6 Å². The summed E-state index contributed by atoms with van der Waals surface area (Å²) in [5.41, 5.74) is 4.60. The first kappa shape index (κ1) is 25.3. The molecular weight excluding hydrogens is 487 g/mol. The van der Waals surface area contributed by atoms with Gasteiger partial charge in [-0.25, -0.2) is 4.99 Å². The monoisotopic (exact) mass is 505 g/mol. The molecule has 0 aliphatic rings. The summed E-state index contributed by atoms with van der Waals surface area (Å²) in [5, 5.41) is 2.80. The van der Waals surface area contributed by atoms with Gasteiger partial charge in [0.15, 0.2) is 0 Å². The summed E-state index contributed by atoms with van der Waals surface area (Å²) < 4.78 is 39.3. The number of carbonyl (C=O) groups excluding carboxylic acids is 1. The largest absolute Gasteiger partial charge is 0.430 e. The lowest BCUT2D eigenvalue weighted by atomic mass is 9.83. The van der Waals surface area contributed by atoms with Crippen molar-refractivity contribution in [2.45, 2.75) is 25.4 Å². The van der Waals surface area contributed by atoms with Crippen molar-refractivity contribution in [3.63, 3.8) is 0 Å². The number of hydrogen-bond acceptors (Lipinski definition) is 5. The van der Waals surface area contributed by atoms with E-state index in [1.54, 1.807) is 74.5 Å². The van der Waals surface area contributed by atoms with Crippen LogP contribution in [0.1, 0.15) is 24.3 Å². The van der Waals surface area contributed by atoms with Crippen LogP contribution in [0, 0.1) is 4.91 Å². The molecule has 1 heterocycles. The van der Waals surface area contributed by atoms with Gasteiger partial charge < -0.3 is 5.73 Å². The number of alkyl halides is 3. The van der Waals surface area contributed by atoms with E-state index in [2.05, 4.69) is 10.2 Å². The zero-order valence-corrected chi connectivity index (χ0v) is 19.6. The van der Waals surface area contributed by atoms with Gasteiger partial charge in [0.25, 0.3) is 5.91 Å². The molecule has 34 heavy (non-hydrogen) atoms. The van der Waals surface area contributed by atoms with Gasteiger partial charge in [0.1, 0.15) is 5.70 Å². The molecule has 1 amide bonds. The van der Waals surface area contributed by atoms with Crippen LogP contribution in [0.3, 0.4) is 0 Å². The van der Waals surface area contributed by atoms with Crippen LogP contribution < -0.4 is 5.73 Å². The molecule has 0 bridgehead atoms. The molecule has 0 saturated carbocycles. The van der Waals surface area contributed by atoms with Crippen LogP contribution in [0.4, 0.5) is 18.9 Å². The summed E-state index contributed by atoms with van der Waals surface area (Å²) in [4.78, 5) is 28.0. The summed E-state index contributed by atoms with van der Waals surface area (Å²) >= 11 is 7.36. The van der Waals surface area contributed by atoms with Crippen molar-refractivity contribution in [2.24, 2.45) is 15.9 Å². The van der Waals surface area contributed by atoms with Gasteiger partial charge in [0.2, 0.25) is 0 Å². The van der Waals surface area contributed by atoms with Crippen LogP contribution in [-0.2, 0) is 10.2 Å². The Kier molecular flexibility index (Phi) is 7.38. The Morgan fingerprint density at radius 2 is 1.68 bits per heavy atom. The number of nitrogens with zero attached hydrogens (tertiary/aromatic N) is 2. The number of aliphatic imine (C=N–C) groups is 1. The van der Waals surface area contributed by atoms with Gasteiger partial charge in [-0.1, -0.05) is 48.0 Å². The molecule has 0 atom stereocenters. The average Bonchev–Trinajstić information content (AvgIpc) is 3.29. The Balaban J connectivity index is 2.01. The van der Waals surface area contributed by atoms with E-state index in [0.29, 0.717) is 16.1 Å². The quantitative estimate of drug-likeness (QED) is 0.285. The van der Waals surface area contributed by atoms with Gasteiger partial charge >= 0.3 is 6.18 Å².